The molecule has 0 radical (unpaired) electrons. The van der Waals surface area contributed by atoms with E-state index in [-0.39, 0.29) is 18.2 Å². The number of rotatable bonds is 3. The van der Waals surface area contributed by atoms with Gasteiger partial charge in [0.05, 0.1) is 5.92 Å². The topological polar surface area (TPSA) is 75.5 Å². The van der Waals surface area contributed by atoms with Crippen LogP contribution in [0.2, 0.25) is 0 Å². The predicted octanol–water partition coefficient (Wildman–Crippen LogP) is 4.37. The molecule has 0 saturated carbocycles. The van der Waals surface area contributed by atoms with Crippen LogP contribution in [0.25, 0.3) is 16.9 Å². The Kier molecular flexibility index (Phi) is 4.32. The molecule has 0 bridgehead atoms. The third kappa shape index (κ3) is 3.03. The van der Waals surface area contributed by atoms with Crippen LogP contribution in [0.1, 0.15) is 23.5 Å². The average Bonchev–Trinajstić information content (AvgIpc) is 3.13. The summed E-state index contributed by atoms with van der Waals surface area (Å²) in [6.07, 6.45) is 2.00. The Morgan fingerprint density at radius 1 is 1.07 bits per heavy atom. The van der Waals surface area contributed by atoms with Crippen molar-refractivity contribution in [2.45, 2.75) is 19.3 Å². The van der Waals surface area contributed by atoms with Crippen molar-refractivity contribution in [1.29, 1.82) is 0 Å². The van der Waals surface area contributed by atoms with Gasteiger partial charge in [0.1, 0.15) is 17.2 Å². The van der Waals surface area contributed by atoms with Crippen molar-refractivity contribution in [2.24, 2.45) is 0 Å². The van der Waals surface area contributed by atoms with E-state index in [1.165, 1.54) is 0 Å². The van der Waals surface area contributed by atoms with E-state index in [1.54, 1.807) is 0 Å². The lowest BCUT2D eigenvalue weighted by molar-refractivity contribution is -0.123. The smallest absolute Gasteiger partial charge is 0.233 e. The van der Waals surface area contributed by atoms with Gasteiger partial charge in [0.15, 0.2) is 0 Å². The minimum Gasteiger partial charge on any atom is -0.326 e. The highest BCUT2D eigenvalue weighted by Crippen LogP contribution is 2.35. The lowest BCUT2D eigenvalue weighted by Gasteiger charge is -2.24. The van der Waals surface area contributed by atoms with Gasteiger partial charge in [0.2, 0.25) is 11.8 Å². The Hall–Kier alpha value is -3.93. The van der Waals surface area contributed by atoms with Gasteiger partial charge < -0.3 is 10.6 Å². The zero-order valence-electron chi connectivity index (χ0n) is 16.4. The lowest BCUT2D eigenvalue weighted by Crippen LogP contribution is -2.31. The maximum Gasteiger partial charge on any atom is 0.233 e. The predicted molar refractivity (Wildman–Crippen MR) is 116 cm³/mol. The molecule has 30 heavy (non-hydrogen) atoms. The van der Waals surface area contributed by atoms with Crippen LogP contribution in [0.4, 0.5) is 11.5 Å². The number of hydrogen-bond acceptors (Lipinski definition) is 3. The first-order valence-corrected chi connectivity index (χ1v) is 9.84. The van der Waals surface area contributed by atoms with Crippen LogP contribution < -0.4 is 10.6 Å². The zero-order valence-corrected chi connectivity index (χ0v) is 16.4. The second kappa shape index (κ2) is 7.15. The van der Waals surface area contributed by atoms with Crippen molar-refractivity contribution in [2.75, 3.05) is 10.6 Å². The third-order valence-electron chi connectivity index (χ3n) is 5.45. The Balaban J connectivity index is 1.60. The first kappa shape index (κ1) is 18.1. The molecule has 1 aliphatic heterocycles. The molecule has 2 aromatic carbocycles. The lowest BCUT2D eigenvalue weighted by atomic mass is 9.90. The Morgan fingerprint density at radius 2 is 1.83 bits per heavy atom. The molecule has 2 aromatic heterocycles. The molecule has 0 saturated heterocycles. The van der Waals surface area contributed by atoms with Crippen LogP contribution >= 0.6 is 0 Å². The van der Waals surface area contributed by atoms with Gasteiger partial charge in [-0.25, -0.2) is 4.98 Å². The van der Waals surface area contributed by atoms with E-state index in [4.69, 9.17) is 4.98 Å². The molecule has 1 atom stereocenters. The molecule has 2 N–H and O–H groups in total. The Morgan fingerprint density at radius 3 is 2.67 bits per heavy atom. The normalized spacial score (nSPS) is 15.5. The first-order chi connectivity index (χ1) is 14.6. The fourth-order valence-electron chi connectivity index (χ4n) is 3.97. The number of nitrogens with zero attached hydrogens (tertiary/aromatic N) is 2. The summed E-state index contributed by atoms with van der Waals surface area (Å²) in [7, 11) is 0. The first-order valence-electron chi connectivity index (χ1n) is 9.84. The molecule has 6 nitrogen and oxygen atoms in total. The molecular weight excluding hydrogens is 376 g/mol. The van der Waals surface area contributed by atoms with E-state index < -0.39 is 5.92 Å². The summed E-state index contributed by atoms with van der Waals surface area (Å²) >= 11 is 0. The number of pyridine rings is 1. The number of benzene rings is 2. The molecule has 1 aliphatic rings. The molecule has 0 fully saturated rings. The van der Waals surface area contributed by atoms with Crippen LogP contribution in [0.15, 0.2) is 72.9 Å². The molecule has 0 aliphatic carbocycles. The maximum absolute atomic E-state index is 13.4. The van der Waals surface area contributed by atoms with Crippen molar-refractivity contribution in [3.05, 3.63) is 84.1 Å². The van der Waals surface area contributed by atoms with Crippen molar-refractivity contribution >= 4 is 29.0 Å². The molecule has 1 unspecified atom stereocenters. The van der Waals surface area contributed by atoms with Crippen molar-refractivity contribution < 1.29 is 9.59 Å². The van der Waals surface area contributed by atoms with Gasteiger partial charge in [0, 0.05) is 23.9 Å². The summed E-state index contributed by atoms with van der Waals surface area (Å²) < 4.78 is 1.89. The number of hydrogen-bond donors (Lipinski definition) is 2. The second-order valence-electron chi connectivity index (χ2n) is 7.44. The summed E-state index contributed by atoms with van der Waals surface area (Å²) in [5, 5.41) is 5.91. The van der Waals surface area contributed by atoms with Crippen molar-refractivity contribution in [1.82, 2.24) is 9.38 Å². The monoisotopic (exact) mass is 396 g/mol. The average molecular weight is 396 g/mol. The summed E-state index contributed by atoms with van der Waals surface area (Å²) in [6.45, 7) is 1.99. The number of carbonyl (C=O) groups is 2. The van der Waals surface area contributed by atoms with E-state index >= 15 is 0 Å². The zero-order chi connectivity index (χ0) is 20.7. The number of fused-ring (bicyclic) bond motifs is 2. The number of carbonyl (C=O) groups excluding carboxylic acids is 2. The van der Waals surface area contributed by atoms with E-state index in [2.05, 4.69) is 10.6 Å². The van der Waals surface area contributed by atoms with Gasteiger partial charge in [-0.3, -0.25) is 14.0 Å². The van der Waals surface area contributed by atoms with Crippen LogP contribution in [-0.2, 0) is 9.59 Å². The molecule has 0 spiro atoms. The highest BCUT2D eigenvalue weighted by molar-refractivity contribution is 6.06. The summed E-state index contributed by atoms with van der Waals surface area (Å²) in [6, 6.07) is 21.1. The van der Waals surface area contributed by atoms with E-state index in [0.717, 1.165) is 22.3 Å². The van der Waals surface area contributed by atoms with Gasteiger partial charge in [-0.1, -0.05) is 54.6 Å². The highest BCUT2D eigenvalue weighted by atomic mass is 16.2. The third-order valence-corrected chi connectivity index (χ3v) is 5.45. The summed E-state index contributed by atoms with van der Waals surface area (Å²) in [5.74, 6) is -0.341. The number of para-hydroxylation sites is 1. The van der Waals surface area contributed by atoms with Crippen LogP contribution in [0, 0.1) is 6.92 Å². The number of imidazole rings is 1. The minimum atomic E-state index is -0.561. The number of aromatic nitrogens is 2. The van der Waals surface area contributed by atoms with Gasteiger partial charge >= 0.3 is 0 Å². The fraction of sp³-hybridized carbons (Fsp3) is 0.125. The summed E-state index contributed by atoms with van der Waals surface area (Å²) in [4.78, 5) is 30.3. The molecule has 6 heteroatoms. The number of anilines is 2. The van der Waals surface area contributed by atoms with Gasteiger partial charge in [-0.05, 0) is 30.2 Å². The summed E-state index contributed by atoms with van der Waals surface area (Å²) in [5.41, 5.74) is 4.92. The quantitative estimate of drug-likeness (QED) is 0.540. The molecule has 3 heterocycles. The Labute approximate surface area is 173 Å². The molecule has 2 amide bonds. The standard InChI is InChI=1S/C24H20N4O2/c1-15-8-7-13-28-22(15)26-21(16-9-3-2-4-10-16)23(28)27-24(30)18-14-20(29)25-19-12-6-5-11-17(18)19/h2-13,18H,14H2,1H3,(H,25,29)(H,27,30). The number of aryl methyl sites for hydroxylation is 1. The maximum atomic E-state index is 13.4. The van der Waals surface area contributed by atoms with Crippen LogP contribution in [-0.4, -0.2) is 21.2 Å². The van der Waals surface area contributed by atoms with E-state index in [1.807, 2.05) is 84.3 Å². The van der Waals surface area contributed by atoms with Crippen molar-refractivity contribution in [3.63, 3.8) is 0 Å². The van der Waals surface area contributed by atoms with E-state index in [9.17, 15) is 9.59 Å². The molecular formula is C24H20N4O2. The van der Waals surface area contributed by atoms with Gasteiger partial charge in [0.25, 0.3) is 0 Å². The van der Waals surface area contributed by atoms with Gasteiger partial charge in [-0.2, -0.15) is 0 Å². The van der Waals surface area contributed by atoms with Crippen LogP contribution in [0.5, 0.6) is 0 Å². The fourth-order valence-corrected chi connectivity index (χ4v) is 3.97. The highest BCUT2D eigenvalue weighted by Gasteiger charge is 2.31. The molecule has 4 aromatic rings. The van der Waals surface area contributed by atoms with Crippen molar-refractivity contribution in [3.8, 4) is 11.3 Å². The second-order valence-corrected chi connectivity index (χ2v) is 7.44. The molecule has 5 rings (SSSR count). The number of amides is 2. The van der Waals surface area contributed by atoms with Crippen LogP contribution in [0.3, 0.4) is 0 Å². The number of nitrogens with one attached hydrogen (secondary N) is 2. The Bertz CT molecular complexity index is 1280. The minimum absolute atomic E-state index is 0.110. The SMILES string of the molecule is Cc1cccn2c(NC(=O)C3CC(=O)Nc4ccccc43)c(-c3ccccc3)nc12. The van der Waals surface area contributed by atoms with Gasteiger partial charge in [-0.15, -0.1) is 0 Å². The largest absolute Gasteiger partial charge is 0.326 e. The van der Waals surface area contributed by atoms with E-state index in [0.29, 0.717) is 17.2 Å². The molecule has 148 valence electrons.